The molecule has 0 aliphatic carbocycles. The van der Waals surface area contributed by atoms with Crippen molar-refractivity contribution >= 4 is 17.3 Å². The molecule has 0 aliphatic rings. The Kier molecular flexibility index (Phi) is 5.07. The van der Waals surface area contributed by atoms with Crippen LogP contribution < -0.4 is 10.9 Å². The molecule has 0 aliphatic heterocycles. The fourth-order valence-corrected chi connectivity index (χ4v) is 2.41. The van der Waals surface area contributed by atoms with Crippen molar-refractivity contribution in [3.8, 4) is 0 Å². The van der Waals surface area contributed by atoms with Gasteiger partial charge in [0, 0.05) is 23.9 Å². The molecule has 0 saturated carbocycles. The number of amides is 1. The van der Waals surface area contributed by atoms with Crippen LogP contribution in [0.4, 0.5) is 11.4 Å². The largest absolute Gasteiger partial charge is 0.321 e. The van der Waals surface area contributed by atoms with Crippen LogP contribution in [0.5, 0.6) is 0 Å². The van der Waals surface area contributed by atoms with Crippen LogP contribution >= 0.6 is 0 Å². The summed E-state index contributed by atoms with van der Waals surface area (Å²) in [6.45, 7) is 2.05. The summed E-state index contributed by atoms with van der Waals surface area (Å²) in [5, 5.41) is 17.5. The van der Waals surface area contributed by atoms with Gasteiger partial charge in [-0.25, -0.2) is 4.68 Å². The number of nitro benzene ring substituents is 1. The van der Waals surface area contributed by atoms with Gasteiger partial charge >= 0.3 is 0 Å². The third-order valence-corrected chi connectivity index (χ3v) is 3.89. The average Bonchev–Trinajstić information content (AvgIpc) is 2.65. The Morgan fingerprint density at radius 3 is 2.37 bits per heavy atom. The number of nitro groups is 1. The van der Waals surface area contributed by atoms with E-state index in [1.165, 1.54) is 24.3 Å². The number of anilines is 1. The van der Waals surface area contributed by atoms with Gasteiger partial charge in [-0.15, -0.1) is 0 Å². The third kappa shape index (κ3) is 4.43. The van der Waals surface area contributed by atoms with Crippen LogP contribution in [0.15, 0.2) is 65.5 Å². The van der Waals surface area contributed by atoms with Crippen LogP contribution in [0.25, 0.3) is 0 Å². The van der Waals surface area contributed by atoms with Crippen molar-refractivity contribution in [2.75, 3.05) is 5.32 Å². The molecule has 0 radical (unpaired) electrons. The van der Waals surface area contributed by atoms with E-state index in [0.29, 0.717) is 11.3 Å². The van der Waals surface area contributed by atoms with Crippen LogP contribution in [0.3, 0.4) is 0 Å². The van der Waals surface area contributed by atoms with Gasteiger partial charge in [-0.3, -0.25) is 19.7 Å². The Hall–Kier alpha value is -3.81. The first-order valence-electron chi connectivity index (χ1n) is 8.12. The van der Waals surface area contributed by atoms with E-state index in [9.17, 15) is 19.7 Å². The monoisotopic (exact) mass is 364 g/mol. The Balaban J connectivity index is 1.79. The van der Waals surface area contributed by atoms with Gasteiger partial charge in [0.25, 0.3) is 17.2 Å². The minimum atomic E-state index is -0.496. The topological polar surface area (TPSA) is 107 Å². The van der Waals surface area contributed by atoms with Crippen LogP contribution in [0.2, 0.25) is 0 Å². The number of rotatable bonds is 5. The standard InChI is InChI=1S/C19H16N4O4/c1-13-2-6-15(7-3-13)20-19(25)17-10-11-18(24)22(21-17)12-14-4-8-16(9-5-14)23(26)27/h2-11H,12H2,1H3,(H,20,25). The summed E-state index contributed by atoms with van der Waals surface area (Å²) in [6.07, 6.45) is 0. The third-order valence-electron chi connectivity index (χ3n) is 3.89. The molecule has 0 spiro atoms. The number of aryl methyl sites for hydroxylation is 1. The van der Waals surface area contributed by atoms with Crippen LogP contribution in [-0.4, -0.2) is 20.6 Å². The second-order valence-electron chi connectivity index (χ2n) is 5.96. The van der Waals surface area contributed by atoms with E-state index in [1.807, 2.05) is 19.1 Å². The summed E-state index contributed by atoms with van der Waals surface area (Å²) in [6, 6.07) is 15.7. The zero-order valence-electron chi connectivity index (χ0n) is 14.5. The zero-order valence-corrected chi connectivity index (χ0v) is 14.5. The van der Waals surface area contributed by atoms with Crippen molar-refractivity contribution < 1.29 is 9.72 Å². The van der Waals surface area contributed by atoms with Crippen molar-refractivity contribution in [2.24, 2.45) is 0 Å². The second kappa shape index (κ2) is 7.61. The van der Waals surface area contributed by atoms with Crippen molar-refractivity contribution in [3.05, 3.63) is 98.0 Å². The molecule has 27 heavy (non-hydrogen) atoms. The fraction of sp³-hybridized carbons (Fsp3) is 0.105. The summed E-state index contributed by atoms with van der Waals surface area (Å²) in [7, 11) is 0. The SMILES string of the molecule is Cc1ccc(NC(=O)c2ccc(=O)n(Cc3ccc([N+](=O)[O-])cc3)n2)cc1. The Morgan fingerprint density at radius 1 is 1.07 bits per heavy atom. The molecule has 3 aromatic rings. The van der Waals surface area contributed by atoms with Gasteiger partial charge in [0.1, 0.15) is 5.69 Å². The first-order chi connectivity index (χ1) is 12.9. The molecular weight excluding hydrogens is 348 g/mol. The number of aromatic nitrogens is 2. The number of hydrogen-bond donors (Lipinski definition) is 1. The predicted octanol–water partition coefficient (Wildman–Crippen LogP) is 2.76. The lowest BCUT2D eigenvalue weighted by atomic mass is 10.2. The van der Waals surface area contributed by atoms with Gasteiger partial charge < -0.3 is 5.32 Å². The quantitative estimate of drug-likeness (QED) is 0.553. The molecule has 2 aromatic carbocycles. The molecule has 0 atom stereocenters. The lowest BCUT2D eigenvalue weighted by molar-refractivity contribution is -0.384. The van der Waals surface area contributed by atoms with E-state index in [4.69, 9.17) is 0 Å². The molecule has 1 heterocycles. The van der Waals surface area contributed by atoms with Gasteiger partial charge in [0.2, 0.25) is 0 Å². The molecule has 8 nitrogen and oxygen atoms in total. The number of nitrogens with one attached hydrogen (secondary N) is 1. The first kappa shape index (κ1) is 18.0. The number of non-ortho nitro benzene ring substituents is 1. The van der Waals surface area contributed by atoms with E-state index in [2.05, 4.69) is 10.4 Å². The molecule has 0 unspecified atom stereocenters. The summed E-state index contributed by atoms with van der Waals surface area (Å²) in [4.78, 5) is 34.6. The number of carbonyl (C=O) groups is 1. The van der Waals surface area contributed by atoms with Gasteiger partial charge in [-0.1, -0.05) is 29.8 Å². The predicted molar refractivity (Wildman–Crippen MR) is 99.8 cm³/mol. The van der Waals surface area contributed by atoms with Crippen molar-refractivity contribution in [2.45, 2.75) is 13.5 Å². The van der Waals surface area contributed by atoms with E-state index in [0.717, 1.165) is 10.2 Å². The molecule has 0 bridgehead atoms. The van der Waals surface area contributed by atoms with Gasteiger partial charge in [-0.2, -0.15) is 5.10 Å². The number of hydrogen-bond acceptors (Lipinski definition) is 5. The minimum absolute atomic E-state index is 0.0368. The highest BCUT2D eigenvalue weighted by Crippen LogP contribution is 2.13. The summed E-state index contributed by atoms with van der Waals surface area (Å²) in [5.74, 6) is -0.434. The molecule has 1 amide bonds. The van der Waals surface area contributed by atoms with Gasteiger partial charge in [0.15, 0.2) is 0 Å². The summed E-state index contributed by atoms with van der Waals surface area (Å²) in [5.41, 5.74) is 2.04. The zero-order chi connectivity index (χ0) is 19.4. The Morgan fingerprint density at radius 2 is 1.74 bits per heavy atom. The van der Waals surface area contributed by atoms with Gasteiger partial charge in [0.05, 0.1) is 11.5 Å². The molecule has 0 saturated heterocycles. The maximum Gasteiger partial charge on any atom is 0.276 e. The molecule has 1 aromatic heterocycles. The summed E-state index contributed by atoms with van der Waals surface area (Å²) < 4.78 is 1.14. The fourth-order valence-electron chi connectivity index (χ4n) is 2.41. The maximum absolute atomic E-state index is 12.4. The molecule has 8 heteroatoms. The van der Waals surface area contributed by atoms with E-state index >= 15 is 0 Å². The number of nitrogens with zero attached hydrogens (tertiary/aromatic N) is 3. The van der Waals surface area contributed by atoms with Crippen LogP contribution in [0.1, 0.15) is 21.6 Å². The minimum Gasteiger partial charge on any atom is -0.321 e. The van der Waals surface area contributed by atoms with Crippen molar-refractivity contribution in [1.29, 1.82) is 0 Å². The summed E-state index contributed by atoms with van der Waals surface area (Å²) >= 11 is 0. The highest BCUT2D eigenvalue weighted by molar-refractivity contribution is 6.02. The molecule has 0 fully saturated rings. The van der Waals surface area contributed by atoms with Gasteiger partial charge in [-0.05, 0) is 30.7 Å². The lowest BCUT2D eigenvalue weighted by Crippen LogP contribution is -2.26. The molecule has 1 N–H and O–H groups in total. The highest BCUT2D eigenvalue weighted by Gasteiger charge is 2.11. The molecule has 136 valence electrons. The normalized spacial score (nSPS) is 10.4. The Bertz CT molecular complexity index is 1040. The van der Waals surface area contributed by atoms with Crippen molar-refractivity contribution in [3.63, 3.8) is 0 Å². The van der Waals surface area contributed by atoms with E-state index < -0.39 is 10.8 Å². The number of benzene rings is 2. The Labute approximate surface area is 154 Å². The number of carbonyl (C=O) groups excluding carboxylic acids is 1. The van der Waals surface area contributed by atoms with Crippen LogP contribution in [-0.2, 0) is 6.54 Å². The van der Waals surface area contributed by atoms with Crippen molar-refractivity contribution in [1.82, 2.24) is 9.78 Å². The average molecular weight is 364 g/mol. The van der Waals surface area contributed by atoms with E-state index in [1.54, 1.807) is 24.3 Å². The molecular formula is C19H16N4O4. The van der Waals surface area contributed by atoms with Crippen LogP contribution in [0, 0.1) is 17.0 Å². The highest BCUT2D eigenvalue weighted by atomic mass is 16.6. The smallest absolute Gasteiger partial charge is 0.276 e. The molecule has 3 rings (SSSR count). The maximum atomic E-state index is 12.4. The first-order valence-corrected chi connectivity index (χ1v) is 8.12. The van der Waals surface area contributed by atoms with E-state index in [-0.39, 0.29) is 23.5 Å². The lowest BCUT2D eigenvalue weighted by Gasteiger charge is -2.08. The second-order valence-corrected chi connectivity index (χ2v) is 5.96.